The third-order valence-electron chi connectivity index (χ3n) is 7.30. The van der Waals surface area contributed by atoms with Crippen LogP contribution in [0.2, 0.25) is 0 Å². The van der Waals surface area contributed by atoms with Gasteiger partial charge in [-0.05, 0) is 73.2 Å². The predicted octanol–water partition coefficient (Wildman–Crippen LogP) is 8.19. The SMILES string of the molecule is CCC(NC(=O)/N=c1\scc(C)n1-c1cccc(C)c1C(C)C)c1ccc(-c2ncn(-c3ccc(OC(F)(F)F)cc3)n2)cc1. The van der Waals surface area contributed by atoms with Crippen LogP contribution in [0.1, 0.15) is 61.5 Å². The number of thiazole rings is 1. The highest BCUT2D eigenvalue weighted by molar-refractivity contribution is 7.07. The number of benzene rings is 3. The van der Waals surface area contributed by atoms with Gasteiger partial charge in [-0.2, -0.15) is 4.99 Å². The van der Waals surface area contributed by atoms with Crippen molar-refractivity contribution in [3.8, 4) is 28.5 Å². The van der Waals surface area contributed by atoms with Crippen molar-refractivity contribution in [2.45, 2.75) is 59.4 Å². The number of aromatic nitrogens is 4. The Morgan fingerprint density at radius 1 is 1.04 bits per heavy atom. The Morgan fingerprint density at radius 2 is 1.76 bits per heavy atom. The molecule has 5 rings (SSSR count). The molecular formula is C33H33F3N6O2S. The third-order valence-corrected chi connectivity index (χ3v) is 8.24. The van der Waals surface area contributed by atoms with Gasteiger partial charge in [-0.15, -0.1) is 29.6 Å². The molecule has 3 aromatic carbocycles. The van der Waals surface area contributed by atoms with Crippen LogP contribution >= 0.6 is 11.3 Å². The summed E-state index contributed by atoms with van der Waals surface area (Å²) in [6.45, 7) is 10.4. The zero-order valence-electron chi connectivity index (χ0n) is 25.5. The summed E-state index contributed by atoms with van der Waals surface area (Å²) < 4.78 is 44.8. The fourth-order valence-corrected chi connectivity index (χ4v) is 6.11. The molecule has 0 saturated carbocycles. The van der Waals surface area contributed by atoms with Gasteiger partial charge < -0.3 is 10.1 Å². The fourth-order valence-electron chi connectivity index (χ4n) is 5.25. The Balaban J connectivity index is 1.31. The smallest absolute Gasteiger partial charge is 0.406 e. The number of alkyl halides is 3. The molecule has 2 heterocycles. The molecule has 45 heavy (non-hydrogen) atoms. The Hall–Kier alpha value is -4.71. The number of urea groups is 1. The lowest BCUT2D eigenvalue weighted by molar-refractivity contribution is -0.274. The molecule has 1 unspecified atom stereocenters. The van der Waals surface area contributed by atoms with Crippen molar-refractivity contribution in [1.29, 1.82) is 0 Å². The second-order valence-electron chi connectivity index (χ2n) is 10.9. The Labute approximate surface area is 262 Å². The highest BCUT2D eigenvalue weighted by atomic mass is 32.1. The van der Waals surface area contributed by atoms with E-state index < -0.39 is 12.4 Å². The van der Waals surface area contributed by atoms with Gasteiger partial charge in [0.05, 0.1) is 17.4 Å². The van der Waals surface area contributed by atoms with E-state index in [-0.39, 0.29) is 11.8 Å². The van der Waals surface area contributed by atoms with Gasteiger partial charge in [0.2, 0.25) is 0 Å². The largest absolute Gasteiger partial charge is 0.573 e. The van der Waals surface area contributed by atoms with Crippen molar-refractivity contribution in [2.24, 2.45) is 4.99 Å². The Kier molecular flexibility index (Phi) is 9.24. The molecule has 12 heteroatoms. The molecule has 2 amide bonds. The summed E-state index contributed by atoms with van der Waals surface area (Å²) >= 11 is 1.43. The maximum Gasteiger partial charge on any atom is 0.573 e. The lowest BCUT2D eigenvalue weighted by atomic mass is 9.96. The van der Waals surface area contributed by atoms with Crippen LogP contribution in [0.5, 0.6) is 5.75 Å². The normalized spacial score (nSPS) is 12.9. The first-order chi connectivity index (χ1) is 21.4. The number of carbonyl (C=O) groups excluding carboxylic acids is 1. The van der Waals surface area contributed by atoms with Gasteiger partial charge >= 0.3 is 12.4 Å². The van der Waals surface area contributed by atoms with E-state index in [1.54, 1.807) is 0 Å². The molecule has 0 bridgehead atoms. The molecule has 234 valence electrons. The maximum absolute atomic E-state index is 13.2. The summed E-state index contributed by atoms with van der Waals surface area (Å²) in [5.74, 6) is 0.432. The molecule has 0 radical (unpaired) electrons. The van der Waals surface area contributed by atoms with Gasteiger partial charge in [0.25, 0.3) is 0 Å². The van der Waals surface area contributed by atoms with Crippen molar-refractivity contribution in [2.75, 3.05) is 0 Å². The van der Waals surface area contributed by atoms with Crippen LogP contribution in [0, 0.1) is 13.8 Å². The van der Waals surface area contributed by atoms with Crippen molar-refractivity contribution in [1.82, 2.24) is 24.6 Å². The number of hydrogen-bond donors (Lipinski definition) is 1. The second kappa shape index (κ2) is 13.1. The summed E-state index contributed by atoms with van der Waals surface area (Å²) in [5.41, 5.74) is 6.63. The van der Waals surface area contributed by atoms with Gasteiger partial charge in [-0.25, -0.2) is 14.5 Å². The van der Waals surface area contributed by atoms with E-state index in [1.165, 1.54) is 57.7 Å². The van der Waals surface area contributed by atoms with Crippen LogP contribution in [0.3, 0.4) is 0 Å². The molecule has 0 spiro atoms. The van der Waals surface area contributed by atoms with Gasteiger partial charge in [0, 0.05) is 16.6 Å². The molecule has 8 nitrogen and oxygen atoms in total. The molecule has 0 aliphatic rings. The van der Waals surface area contributed by atoms with Crippen LogP contribution in [-0.2, 0) is 0 Å². The minimum absolute atomic E-state index is 0.266. The van der Waals surface area contributed by atoms with Gasteiger partial charge in [0.1, 0.15) is 12.1 Å². The first-order valence-electron chi connectivity index (χ1n) is 14.4. The number of halogens is 3. The molecule has 5 aromatic rings. The molecule has 0 fully saturated rings. The summed E-state index contributed by atoms with van der Waals surface area (Å²) in [4.78, 5) is 22.6. The van der Waals surface area contributed by atoms with Gasteiger partial charge in [-0.3, -0.25) is 4.57 Å². The van der Waals surface area contributed by atoms with Crippen LogP contribution in [-0.4, -0.2) is 31.7 Å². The molecule has 1 atom stereocenters. The summed E-state index contributed by atoms with van der Waals surface area (Å²) in [5, 5.41) is 9.50. The van der Waals surface area contributed by atoms with Gasteiger partial charge in [0.15, 0.2) is 10.6 Å². The Bertz CT molecular complexity index is 1860. The minimum Gasteiger partial charge on any atom is -0.406 e. The van der Waals surface area contributed by atoms with Gasteiger partial charge in [-0.1, -0.05) is 57.2 Å². The minimum atomic E-state index is -4.76. The summed E-state index contributed by atoms with van der Waals surface area (Å²) in [6.07, 6.45) is -2.62. The number of amides is 2. The lowest BCUT2D eigenvalue weighted by Gasteiger charge is -2.18. The standard InChI is InChI=1S/C33H33F3N6O2S/c1-6-27(38-31(43)39-32-42(22(5)18-45-32)28-9-7-8-21(4)29(28)20(2)3)23-10-12-24(13-11-23)30-37-19-41(40-30)25-14-16-26(17-15-25)44-33(34,35)36/h7-20,27H,6H2,1-5H3,(H,38,43)/b39-32-. The Morgan fingerprint density at radius 3 is 2.40 bits per heavy atom. The number of aryl methyl sites for hydroxylation is 2. The topological polar surface area (TPSA) is 86.3 Å². The monoisotopic (exact) mass is 634 g/mol. The fraction of sp³-hybridized carbons (Fsp3) is 0.273. The number of rotatable bonds is 8. The van der Waals surface area contributed by atoms with E-state index in [2.05, 4.69) is 58.0 Å². The molecular weight excluding hydrogens is 601 g/mol. The lowest BCUT2D eigenvalue weighted by Crippen LogP contribution is -2.28. The van der Waals surface area contributed by atoms with Crippen molar-refractivity contribution >= 4 is 17.4 Å². The highest BCUT2D eigenvalue weighted by Gasteiger charge is 2.31. The summed E-state index contributed by atoms with van der Waals surface area (Å²) in [7, 11) is 0. The van der Waals surface area contributed by atoms with Crippen molar-refractivity contribution < 1.29 is 22.7 Å². The van der Waals surface area contributed by atoms with E-state index >= 15 is 0 Å². The van der Waals surface area contributed by atoms with Crippen LogP contribution in [0.4, 0.5) is 18.0 Å². The van der Waals surface area contributed by atoms with Crippen LogP contribution in [0.25, 0.3) is 22.8 Å². The first-order valence-corrected chi connectivity index (χ1v) is 15.3. The van der Waals surface area contributed by atoms with E-state index in [1.807, 2.05) is 54.1 Å². The van der Waals surface area contributed by atoms with E-state index in [9.17, 15) is 18.0 Å². The van der Waals surface area contributed by atoms with Crippen LogP contribution in [0.15, 0.2) is 83.4 Å². The number of nitrogens with one attached hydrogen (secondary N) is 1. The first kappa shape index (κ1) is 31.7. The number of nitrogens with zero attached hydrogens (tertiary/aromatic N) is 5. The average Bonchev–Trinajstić information content (AvgIpc) is 3.62. The number of ether oxygens (including phenoxy) is 1. The second-order valence-corrected chi connectivity index (χ2v) is 11.7. The van der Waals surface area contributed by atoms with Crippen molar-refractivity contribution in [3.05, 3.63) is 106 Å². The van der Waals surface area contributed by atoms with E-state index in [0.717, 1.165) is 22.5 Å². The predicted molar refractivity (Wildman–Crippen MR) is 168 cm³/mol. The zero-order chi connectivity index (χ0) is 32.3. The molecule has 0 aliphatic heterocycles. The molecule has 0 aliphatic carbocycles. The molecule has 0 saturated heterocycles. The molecule has 2 aromatic heterocycles. The molecule has 1 N–H and O–H groups in total. The van der Waals surface area contributed by atoms with E-state index in [0.29, 0.717) is 28.7 Å². The highest BCUT2D eigenvalue weighted by Crippen LogP contribution is 2.28. The van der Waals surface area contributed by atoms with E-state index in [4.69, 9.17) is 0 Å². The average molecular weight is 635 g/mol. The third kappa shape index (κ3) is 7.34. The maximum atomic E-state index is 13.2. The van der Waals surface area contributed by atoms with Crippen LogP contribution < -0.4 is 14.9 Å². The summed E-state index contributed by atoms with van der Waals surface area (Å²) in [6, 6.07) is 18.4. The zero-order valence-corrected chi connectivity index (χ0v) is 26.3. The number of hydrogen-bond acceptors (Lipinski definition) is 5. The number of carbonyl (C=O) groups is 1. The quantitative estimate of drug-likeness (QED) is 0.187. The van der Waals surface area contributed by atoms with Crippen molar-refractivity contribution in [3.63, 3.8) is 0 Å².